The van der Waals surface area contributed by atoms with E-state index in [9.17, 15) is 14.9 Å². The molecule has 0 aliphatic carbocycles. The molecule has 0 saturated carbocycles. The Morgan fingerprint density at radius 2 is 1.97 bits per heavy atom. The normalized spacial score (nSPS) is 12.3. The summed E-state index contributed by atoms with van der Waals surface area (Å²) < 4.78 is 7.41. The van der Waals surface area contributed by atoms with E-state index in [1.165, 1.54) is 21.9 Å². The Morgan fingerprint density at radius 1 is 1.10 bits per heavy atom. The monoisotopic (exact) mass is 448 g/mol. The number of hydrogen-bond acceptors (Lipinski definition) is 8. The maximum Gasteiger partial charge on any atom is 0.291 e. The van der Waals surface area contributed by atoms with Gasteiger partial charge < -0.3 is 4.42 Å². The van der Waals surface area contributed by atoms with E-state index < -0.39 is 4.92 Å². The van der Waals surface area contributed by atoms with Crippen molar-refractivity contribution in [3.8, 4) is 11.3 Å². The minimum absolute atomic E-state index is 0.0464. The molecular formula is C21H12N4O4S2. The molecule has 5 rings (SSSR count). The van der Waals surface area contributed by atoms with Gasteiger partial charge in [0.2, 0.25) is 4.96 Å². The summed E-state index contributed by atoms with van der Waals surface area (Å²) in [6.07, 6.45) is 5.25. The number of rotatable bonds is 5. The first-order valence-corrected chi connectivity index (χ1v) is 10.7. The van der Waals surface area contributed by atoms with Crippen LogP contribution in [0.4, 0.5) is 5.69 Å². The molecule has 0 spiro atoms. The summed E-state index contributed by atoms with van der Waals surface area (Å²) >= 11 is 2.80. The highest BCUT2D eigenvalue weighted by Gasteiger charge is 2.17. The summed E-state index contributed by atoms with van der Waals surface area (Å²) in [5.74, 6) is 1.22. The first-order chi connectivity index (χ1) is 15.1. The van der Waals surface area contributed by atoms with E-state index in [4.69, 9.17) is 4.42 Å². The van der Waals surface area contributed by atoms with Gasteiger partial charge in [-0.15, -0.1) is 16.4 Å². The number of benzene rings is 1. The van der Waals surface area contributed by atoms with E-state index in [0.29, 0.717) is 32.4 Å². The van der Waals surface area contributed by atoms with E-state index >= 15 is 0 Å². The van der Waals surface area contributed by atoms with E-state index in [0.717, 1.165) is 4.88 Å². The van der Waals surface area contributed by atoms with Crippen molar-refractivity contribution in [3.63, 3.8) is 0 Å². The van der Waals surface area contributed by atoms with Crippen molar-refractivity contribution in [3.05, 3.63) is 95.4 Å². The summed E-state index contributed by atoms with van der Waals surface area (Å²) in [5, 5.41) is 17.5. The third-order valence-corrected chi connectivity index (χ3v) is 6.20. The molecule has 4 aromatic heterocycles. The van der Waals surface area contributed by atoms with E-state index in [2.05, 4.69) is 10.1 Å². The maximum atomic E-state index is 12.7. The number of nitro benzene ring substituents is 1. The molecule has 1 aromatic carbocycles. The summed E-state index contributed by atoms with van der Waals surface area (Å²) in [5.41, 5.74) is 0.0288. The van der Waals surface area contributed by atoms with Crippen LogP contribution in [0.5, 0.6) is 0 Å². The molecule has 0 aliphatic rings. The molecule has 4 heterocycles. The largest absolute Gasteiger partial charge is 0.456 e. The van der Waals surface area contributed by atoms with Gasteiger partial charge in [-0.2, -0.15) is 9.50 Å². The number of para-hydroxylation sites is 1. The van der Waals surface area contributed by atoms with Gasteiger partial charge in [0.05, 0.1) is 10.5 Å². The molecule has 0 N–H and O–H groups in total. The fourth-order valence-electron chi connectivity index (χ4n) is 3.01. The van der Waals surface area contributed by atoms with Crippen LogP contribution >= 0.6 is 22.7 Å². The van der Waals surface area contributed by atoms with Crippen molar-refractivity contribution < 1.29 is 9.34 Å². The lowest BCUT2D eigenvalue weighted by Gasteiger charge is -1.98. The average molecular weight is 448 g/mol. The van der Waals surface area contributed by atoms with Gasteiger partial charge in [0.25, 0.3) is 11.2 Å². The smallest absolute Gasteiger partial charge is 0.291 e. The van der Waals surface area contributed by atoms with Crippen molar-refractivity contribution >= 4 is 51.5 Å². The number of hydrogen-bond donors (Lipinski definition) is 0. The standard InChI is InChI=1S/C21H12N4O4S2/c26-20-18(31-21-22-19(23-24(20)21)10-8-14-4-3-11-30-14)12-13-7-9-17(29-13)15-5-1-2-6-16(15)25(27)28/h1-12H/b10-8+,18-12-. The summed E-state index contributed by atoms with van der Waals surface area (Å²) in [4.78, 5) is 29.4. The SMILES string of the molecule is O=c1/c(=C/c2ccc(-c3ccccc3[N+](=O)[O-])o2)sc2nc(/C=C/c3cccs3)nn12. The Kier molecular flexibility index (Phi) is 4.77. The van der Waals surface area contributed by atoms with Crippen LogP contribution < -0.4 is 10.1 Å². The predicted molar refractivity (Wildman–Crippen MR) is 120 cm³/mol. The molecule has 5 aromatic rings. The number of thiazole rings is 1. The van der Waals surface area contributed by atoms with Crippen molar-refractivity contribution in [2.75, 3.05) is 0 Å². The molecule has 0 bridgehead atoms. The number of thiophene rings is 1. The zero-order valence-corrected chi connectivity index (χ0v) is 17.3. The second kappa shape index (κ2) is 7.74. The zero-order chi connectivity index (χ0) is 21.4. The Hall–Kier alpha value is -3.89. The van der Waals surface area contributed by atoms with Gasteiger partial charge in [0, 0.05) is 17.0 Å². The minimum Gasteiger partial charge on any atom is -0.456 e. The molecule has 31 heavy (non-hydrogen) atoms. The Bertz CT molecular complexity index is 1540. The Morgan fingerprint density at radius 3 is 2.74 bits per heavy atom. The molecule has 152 valence electrons. The van der Waals surface area contributed by atoms with Crippen molar-refractivity contribution in [1.29, 1.82) is 0 Å². The Labute approximate surface area is 182 Å². The number of furan rings is 1. The third-order valence-electron chi connectivity index (χ3n) is 4.40. The minimum atomic E-state index is -0.457. The lowest BCUT2D eigenvalue weighted by molar-refractivity contribution is -0.384. The molecule has 0 amide bonds. The second-order valence-corrected chi connectivity index (χ2v) is 8.39. The fraction of sp³-hybridized carbons (Fsp3) is 0. The van der Waals surface area contributed by atoms with E-state index in [-0.39, 0.29) is 11.2 Å². The van der Waals surface area contributed by atoms with Crippen LogP contribution in [0.2, 0.25) is 0 Å². The van der Waals surface area contributed by atoms with Crippen LogP contribution in [-0.4, -0.2) is 19.5 Å². The predicted octanol–water partition coefficient (Wildman–Crippen LogP) is 4.10. The van der Waals surface area contributed by atoms with Crippen LogP contribution in [0.1, 0.15) is 16.5 Å². The van der Waals surface area contributed by atoms with Gasteiger partial charge in [-0.3, -0.25) is 14.9 Å². The maximum absolute atomic E-state index is 12.7. The fourth-order valence-corrected chi connectivity index (χ4v) is 4.52. The first kappa shape index (κ1) is 19.1. The average Bonchev–Trinajstić information content (AvgIpc) is 3.55. The molecule has 10 heteroatoms. The quantitative estimate of drug-likeness (QED) is 0.296. The topological polar surface area (TPSA) is 104 Å². The van der Waals surface area contributed by atoms with E-state index in [1.807, 2.05) is 23.6 Å². The van der Waals surface area contributed by atoms with Gasteiger partial charge in [-0.25, -0.2) is 0 Å². The van der Waals surface area contributed by atoms with Gasteiger partial charge >= 0.3 is 0 Å². The van der Waals surface area contributed by atoms with E-state index in [1.54, 1.807) is 53.8 Å². The highest BCUT2D eigenvalue weighted by atomic mass is 32.1. The molecule has 0 radical (unpaired) electrons. The van der Waals surface area contributed by atoms with Crippen LogP contribution in [0.15, 0.2) is 63.1 Å². The second-order valence-electron chi connectivity index (χ2n) is 6.41. The van der Waals surface area contributed by atoms with Gasteiger partial charge in [-0.1, -0.05) is 29.5 Å². The number of nitro groups is 1. The lowest BCUT2D eigenvalue weighted by atomic mass is 10.1. The number of fused-ring (bicyclic) bond motifs is 1. The molecule has 8 nitrogen and oxygen atoms in total. The summed E-state index contributed by atoms with van der Waals surface area (Å²) in [7, 11) is 0. The van der Waals surface area contributed by atoms with Gasteiger partial charge in [-0.05, 0) is 41.8 Å². The first-order valence-electron chi connectivity index (χ1n) is 9.05. The van der Waals surface area contributed by atoms with Crippen LogP contribution in [0, 0.1) is 10.1 Å². The van der Waals surface area contributed by atoms with Crippen molar-refractivity contribution in [2.24, 2.45) is 0 Å². The summed E-state index contributed by atoms with van der Waals surface area (Å²) in [6, 6.07) is 13.6. The zero-order valence-electron chi connectivity index (χ0n) is 15.7. The number of aromatic nitrogens is 3. The highest BCUT2D eigenvalue weighted by Crippen LogP contribution is 2.30. The molecule has 0 saturated heterocycles. The molecular weight excluding hydrogens is 436 g/mol. The molecule has 0 unspecified atom stereocenters. The third kappa shape index (κ3) is 3.69. The lowest BCUT2D eigenvalue weighted by Crippen LogP contribution is -2.23. The van der Waals surface area contributed by atoms with Crippen molar-refractivity contribution in [2.45, 2.75) is 0 Å². The Balaban J connectivity index is 1.47. The number of nitrogens with zero attached hydrogens (tertiary/aromatic N) is 4. The molecule has 0 atom stereocenters. The van der Waals surface area contributed by atoms with Crippen LogP contribution in [0.3, 0.4) is 0 Å². The van der Waals surface area contributed by atoms with Crippen LogP contribution in [-0.2, 0) is 0 Å². The van der Waals surface area contributed by atoms with Crippen LogP contribution in [0.25, 0.3) is 34.5 Å². The summed E-state index contributed by atoms with van der Waals surface area (Å²) in [6.45, 7) is 0. The highest BCUT2D eigenvalue weighted by molar-refractivity contribution is 7.15. The molecule has 0 aliphatic heterocycles. The van der Waals surface area contributed by atoms with Crippen molar-refractivity contribution in [1.82, 2.24) is 14.6 Å². The van der Waals surface area contributed by atoms with Gasteiger partial charge in [0.1, 0.15) is 16.1 Å². The molecule has 0 fully saturated rings. The van der Waals surface area contributed by atoms with Gasteiger partial charge in [0.15, 0.2) is 5.82 Å².